The summed E-state index contributed by atoms with van der Waals surface area (Å²) < 4.78 is 55.9. The molecule has 0 spiro atoms. The van der Waals surface area contributed by atoms with Crippen LogP contribution in [-0.2, 0) is 12.7 Å². The molecule has 32 heavy (non-hydrogen) atoms. The first-order valence-corrected chi connectivity index (χ1v) is 9.54. The predicted molar refractivity (Wildman–Crippen MR) is 109 cm³/mol. The fraction of sp³-hybridized carbons (Fsp3) is 0.182. The van der Waals surface area contributed by atoms with Crippen LogP contribution in [0.25, 0.3) is 22.4 Å². The van der Waals surface area contributed by atoms with Crippen LogP contribution in [0.15, 0.2) is 59.7 Å². The summed E-state index contributed by atoms with van der Waals surface area (Å²) in [5, 5.41) is 9.55. The van der Waals surface area contributed by atoms with Gasteiger partial charge in [-0.2, -0.15) is 13.2 Å². The van der Waals surface area contributed by atoms with E-state index in [1.54, 1.807) is 13.0 Å². The summed E-state index contributed by atoms with van der Waals surface area (Å²) in [5.41, 5.74) is -2.43. The van der Waals surface area contributed by atoms with Crippen LogP contribution in [0.1, 0.15) is 24.1 Å². The third-order valence-corrected chi connectivity index (χ3v) is 5.03. The normalized spacial score (nSPS) is 12.8. The molecule has 0 bridgehead atoms. The second kappa shape index (κ2) is 8.03. The SMILES string of the molecule is CC(Cn1c(-c2ncccc2O)nc2ccnc(C(F)(F)F)c2c1=O)c1ccccc1F. The minimum Gasteiger partial charge on any atom is -0.506 e. The highest BCUT2D eigenvalue weighted by Gasteiger charge is 2.36. The van der Waals surface area contributed by atoms with E-state index in [-0.39, 0.29) is 34.9 Å². The molecular weight excluding hydrogens is 428 g/mol. The summed E-state index contributed by atoms with van der Waals surface area (Å²) in [5.74, 6) is -1.57. The number of hydrogen-bond donors (Lipinski definition) is 1. The molecule has 4 rings (SSSR count). The number of aromatic hydroxyl groups is 1. The van der Waals surface area contributed by atoms with E-state index in [0.29, 0.717) is 0 Å². The number of nitrogens with zero attached hydrogens (tertiary/aromatic N) is 4. The molecule has 0 saturated carbocycles. The van der Waals surface area contributed by atoms with Crippen LogP contribution >= 0.6 is 0 Å². The molecule has 0 aliphatic rings. The molecule has 6 nitrogen and oxygen atoms in total. The Labute approximate surface area is 178 Å². The molecular formula is C22H16F4N4O2. The van der Waals surface area contributed by atoms with Gasteiger partial charge in [0.15, 0.2) is 11.5 Å². The third-order valence-electron chi connectivity index (χ3n) is 5.03. The smallest absolute Gasteiger partial charge is 0.434 e. The predicted octanol–water partition coefficient (Wildman–Crippen LogP) is 4.52. The zero-order valence-electron chi connectivity index (χ0n) is 16.6. The number of alkyl halides is 3. The number of pyridine rings is 2. The monoisotopic (exact) mass is 444 g/mol. The average molecular weight is 444 g/mol. The van der Waals surface area contributed by atoms with E-state index >= 15 is 0 Å². The Balaban J connectivity index is 2.01. The van der Waals surface area contributed by atoms with E-state index in [4.69, 9.17) is 0 Å². The van der Waals surface area contributed by atoms with E-state index in [1.165, 1.54) is 42.6 Å². The highest BCUT2D eigenvalue weighted by Crippen LogP contribution is 2.33. The summed E-state index contributed by atoms with van der Waals surface area (Å²) in [6.07, 6.45) is -2.63. The molecule has 1 aromatic carbocycles. The number of aromatic nitrogens is 4. The maximum Gasteiger partial charge on any atom is 0.434 e. The lowest BCUT2D eigenvalue weighted by atomic mass is 10.0. The molecule has 0 fully saturated rings. The fourth-order valence-corrected chi connectivity index (χ4v) is 3.54. The molecule has 1 unspecified atom stereocenters. The van der Waals surface area contributed by atoms with Crippen molar-refractivity contribution >= 4 is 10.9 Å². The second-order valence-electron chi connectivity index (χ2n) is 7.20. The number of fused-ring (bicyclic) bond motifs is 1. The van der Waals surface area contributed by atoms with Crippen molar-refractivity contribution in [2.24, 2.45) is 0 Å². The van der Waals surface area contributed by atoms with Crippen molar-refractivity contribution in [3.8, 4) is 17.3 Å². The summed E-state index contributed by atoms with van der Waals surface area (Å²) >= 11 is 0. The van der Waals surface area contributed by atoms with Gasteiger partial charge in [0.2, 0.25) is 0 Å². The van der Waals surface area contributed by atoms with E-state index < -0.39 is 34.6 Å². The maximum absolute atomic E-state index is 14.3. The Hall–Kier alpha value is -3.82. The van der Waals surface area contributed by atoms with Crippen LogP contribution in [-0.4, -0.2) is 24.6 Å². The van der Waals surface area contributed by atoms with Crippen LogP contribution in [0.2, 0.25) is 0 Å². The van der Waals surface area contributed by atoms with Crippen molar-refractivity contribution < 1.29 is 22.7 Å². The quantitative estimate of drug-likeness (QED) is 0.468. The van der Waals surface area contributed by atoms with E-state index in [9.17, 15) is 27.5 Å². The van der Waals surface area contributed by atoms with Crippen LogP contribution in [0, 0.1) is 5.82 Å². The molecule has 164 valence electrons. The molecule has 0 aliphatic heterocycles. The molecule has 0 saturated heterocycles. The van der Waals surface area contributed by atoms with Crippen molar-refractivity contribution in [2.75, 3.05) is 0 Å². The van der Waals surface area contributed by atoms with Crippen LogP contribution < -0.4 is 5.56 Å². The van der Waals surface area contributed by atoms with E-state index in [0.717, 1.165) is 10.8 Å². The standard InChI is InChI=1S/C22H16F4N4O2/c1-12(13-5-2-3-6-14(13)23)11-30-20(18-16(31)7-4-9-27-18)29-15-8-10-28-19(22(24,25)26)17(15)21(30)32/h2-10,12,31H,11H2,1H3. The van der Waals surface area contributed by atoms with Crippen LogP contribution in [0.4, 0.5) is 17.6 Å². The summed E-state index contributed by atoms with van der Waals surface area (Å²) in [7, 11) is 0. The Bertz CT molecular complexity index is 1370. The molecule has 0 aliphatic carbocycles. The maximum atomic E-state index is 14.3. The van der Waals surface area contributed by atoms with Gasteiger partial charge in [-0.1, -0.05) is 25.1 Å². The van der Waals surface area contributed by atoms with Gasteiger partial charge in [0.1, 0.15) is 17.3 Å². The number of benzene rings is 1. The molecule has 3 heterocycles. The van der Waals surface area contributed by atoms with Crippen LogP contribution in [0.3, 0.4) is 0 Å². The van der Waals surface area contributed by atoms with Gasteiger partial charge in [0, 0.05) is 24.9 Å². The number of rotatable bonds is 4. The van der Waals surface area contributed by atoms with Gasteiger partial charge in [-0.15, -0.1) is 0 Å². The zero-order valence-corrected chi connectivity index (χ0v) is 16.6. The van der Waals surface area contributed by atoms with Gasteiger partial charge in [-0.05, 0) is 29.8 Å². The Morgan fingerprint density at radius 3 is 2.50 bits per heavy atom. The molecule has 0 amide bonds. The van der Waals surface area contributed by atoms with Crippen molar-refractivity contribution in [2.45, 2.75) is 25.6 Å². The second-order valence-corrected chi connectivity index (χ2v) is 7.20. The van der Waals surface area contributed by atoms with Gasteiger partial charge in [-0.25, -0.2) is 14.4 Å². The Morgan fingerprint density at radius 1 is 1.06 bits per heavy atom. The van der Waals surface area contributed by atoms with E-state index in [2.05, 4.69) is 15.0 Å². The largest absolute Gasteiger partial charge is 0.506 e. The van der Waals surface area contributed by atoms with Crippen molar-refractivity contribution in [1.82, 2.24) is 19.5 Å². The summed E-state index contributed by atoms with van der Waals surface area (Å²) in [4.78, 5) is 24.9. The van der Waals surface area contributed by atoms with Crippen molar-refractivity contribution in [3.63, 3.8) is 0 Å². The number of halogens is 4. The van der Waals surface area contributed by atoms with Crippen molar-refractivity contribution in [1.29, 1.82) is 0 Å². The van der Waals surface area contributed by atoms with Gasteiger partial charge >= 0.3 is 6.18 Å². The van der Waals surface area contributed by atoms with E-state index in [1.807, 2.05) is 0 Å². The van der Waals surface area contributed by atoms with Gasteiger partial charge < -0.3 is 5.11 Å². The van der Waals surface area contributed by atoms with Crippen LogP contribution in [0.5, 0.6) is 5.75 Å². The molecule has 1 N–H and O–H groups in total. The first-order valence-electron chi connectivity index (χ1n) is 9.54. The highest BCUT2D eigenvalue weighted by molar-refractivity contribution is 5.82. The fourth-order valence-electron chi connectivity index (χ4n) is 3.54. The van der Waals surface area contributed by atoms with Gasteiger partial charge in [-0.3, -0.25) is 14.3 Å². The third kappa shape index (κ3) is 3.79. The molecule has 0 radical (unpaired) electrons. The topological polar surface area (TPSA) is 80.9 Å². The van der Waals surface area contributed by atoms with Gasteiger partial charge in [0.05, 0.1) is 10.9 Å². The average Bonchev–Trinajstić information content (AvgIpc) is 2.75. The lowest BCUT2D eigenvalue weighted by molar-refractivity contribution is -0.139. The summed E-state index contributed by atoms with van der Waals surface area (Å²) in [6.45, 7) is 1.42. The molecule has 3 aromatic heterocycles. The minimum atomic E-state index is -4.88. The van der Waals surface area contributed by atoms with Crippen molar-refractivity contribution in [3.05, 3.63) is 82.3 Å². The number of hydrogen-bond acceptors (Lipinski definition) is 5. The minimum absolute atomic E-state index is 0.0856. The Kier molecular flexibility index (Phi) is 5.37. The first kappa shape index (κ1) is 21.4. The lowest BCUT2D eigenvalue weighted by Crippen LogP contribution is -2.28. The molecule has 4 aromatic rings. The molecule has 1 atom stereocenters. The van der Waals surface area contributed by atoms with Gasteiger partial charge in [0.25, 0.3) is 5.56 Å². The zero-order chi connectivity index (χ0) is 23.0. The Morgan fingerprint density at radius 2 is 1.81 bits per heavy atom. The first-order chi connectivity index (χ1) is 15.2. The molecule has 10 heteroatoms. The summed E-state index contributed by atoms with van der Waals surface area (Å²) in [6, 6.07) is 9.86. The lowest BCUT2D eigenvalue weighted by Gasteiger charge is -2.19. The highest BCUT2D eigenvalue weighted by atomic mass is 19.4.